The van der Waals surface area contributed by atoms with Crippen molar-refractivity contribution in [3.63, 3.8) is 0 Å². The highest BCUT2D eigenvalue weighted by Crippen LogP contribution is 2.37. The molecule has 0 N–H and O–H groups in total. The molecule has 0 radical (unpaired) electrons. The number of carbonyl (C=O) groups is 1. The van der Waals surface area contributed by atoms with E-state index >= 15 is 0 Å². The van der Waals surface area contributed by atoms with Crippen molar-refractivity contribution in [3.8, 4) is 11.3 Å². The van der Waals surface area contributed by atoms with E-state index in [1.54, 1.807) is 36.4 Å². The summed E-state index contributed by atoms with van der Waals surface area (Å²) in [5.41, 5.74) is -2.88. The number of aromatic nitrogens is 3. The van der Waals surface area contributed by atoms with Crippen LogP contribution in [0.3, 0.4) is 0 Å². The first kappa shape index (κ1) is 25.8. The highest BCUT2D eigenvalue weighted by Gasteiger charge is 2.37. The van der Waals surface area contributed by atoms with Gasteiger partial charge in [-0.15, -0.1) is 5.10 Å². The number of rotatable bonds is 6. The highest BCUT2D eigenvalue weighted by atomic mass is 19.4. The Labute approximate surface area is 205 Å². The molecule has 0 bridgehead atoms. The van der Waals surface area contributed by atoms with Gasteiger partial charge in [0.25, 0.3) is 0 Å². The van der Waals surface area contributed by atoms with Crippen LogP contribution in [0.2, 0.25) is 0 Å². The molecule has 0 amide bonds. The van der Waals surface area contributed by atoms with Crippen LogP contribution in [-0.4, -0.2) is 20.8 Å². The topological polar surface area (TPSA) is 47.8 Å². The van der Waals surface area contributed by atoms with Crippen LogP contribution >= 0.6 is 0 Å². The van der Waals surface area contributed by atoms with E-state index in [-0.39, 0.29) is 28.6 Å². The third kappa shape index (κ3) is 5.93. The molecule has 0 saturated heterocycles. The molecule has 37 heavy (non-hydrogen) atoms. The monoisotopic (exact) mass is 519 g/mol. The molecule has 11 heteroatoms. The smallest absolute Gasteiger partial charge is 0.287 e. The number of allylic oxidation sites excluding steroid dienone is 1. The summed E-state index contributed by atoms with van der Waals surface area (Å²) in [6.45, 7) is -0.533. The van der Waals surface area contributed by atoms with Crippen LogP contribution in [0.4, 0.5) is 30.7 Å². The summed E-state index contributed by atoms with van der Waals surface area (Å²) in [5, 5.41) is 7.68. The number of hydrogen-bond acceptors (Lipinski definition) is 3. The zero-order chi connectivity index (χ0) is 26.8. The van der Waals surface area contributed by atoms with Crippen LogP contribution in [0.25, 0.3) is 17.3 Å². The SMILES string of the molecule is O=C(/C=C/c1ccccc1F)c1nnn(Cc2cc(C(F)(F)F)cc(C(F)(F)F)c2)c1-c1ccccc1. The van der Waals surface area contributed by atoms with E-state index in [0.717, 1.165) is 10.8 Å². The molecule has 0 saturated carbocycles. The van der Waals surface area contributed by atoms with Crippen molar-refractivity contribution in [2.75, 3.05) is 0 Å². The van der Waals surface area contributed by atoms with Crippen LogP contribution in [0.15, 0.2) is 78.9 Å². The zero-order valence-electron chi connectivity index (χ0n) is 18.7. The maximum atomic E-state index is 13.9. The van der Waals surface area contributed by atoms with Crippen molar-refractivity contribution >= 4 is 11.9 Å². The normalized spacial score (nSPS) is 12.3. The number of carbonyl (C=O) groups excluding carboxylic acids is 1. The van der Waals surface area contributed by atoms with Crippen LogP contribution in [0.5, 0.6) is 0 Å². The van der Waals surface area contributed by atoms with E-state index in [9.17, 15) is 35.5 Å². The quantitative estimate of drug-likeness (QED) is 0.156. The Morgan fingerprint density at radius 2 is 1.43 bits per heavy atom. The summed E-state index contributed by atoms with van der Waals surface area (Å²) < 4.78 is 94.8. The molecule has 4 aromatic rings. The molecular formula is C26H16F7N3O. The number of halogens is 7. The molecule has 1 aromatic heterocycles. The van der Waals surface area contributed by atoms with Crippen molar-refractivity contribution in [2.24, 2.45) is 0 Å². The minimum Gasteiger partial charge on any atom is -0.287 e. The molecule has 3 aromatic carbocycles. The maximum Gasteiger partial charge on any atom is 0.416 e. The van der Waals surface area contributed by atoms with Gasteiger partial charge in [0, 0.05) is 11.1 Å². The summed E-state index contributed by atoms with van der Waals surface area (Å²) in [5.74, 6) is -1.25. The largest absolute Gasteiger partial charge is 0.416 e. The average Bonchev–Trinajstić information content (AvgIpc) is 3.26. The standard InChI is InChI=1S/C26H16F7N3O/c27-21-9-5-4-6-17(21)10-11-22(37)23-24(18-7-2-1-3-8-18)36(35-34-23)15-16-12-19(25(28,29)30)14-20(13-16)26(31,32)33/h1-14H,15H2/b11-10+. The number of nitrogens with zero attached hydrogens (tertiary/aromatic N) is 3. The Kier molecular flexibility index (Phi) is 6.97. The Hall–Kier alpha value is -4.28. The maximum absolute atomic E-state index is 13.9. The summed E-state index contributed by atoms with van der Waals surface area (Å²) in [4.78, 5) is 12.9. The second-order valence-electron chi connectivity index (χ2n) is 7.94. The number of ketones is 1. The lowest BCUT2D eigenvalue weighted by molar-refractivity contribution is -0.143. The van der Waals surface area contributed by atoms with Crippen LogP contribution in [0, 0.1) is 5.82 Å². The van der Waals surface area contributed by atoms with Crippen LogP contribution in [0.1, 0.15) is 32.7 Å². The summed E-state index contributed by atoms with van der Waals surface area (Å²) in [6, 6.07) is 15.0. The van der Waals surface area contributed by atoms with E-state index in [1.165, 1.54) is 24.3 Å². The summed E-state index contributed by atoms with van der Waals surface area (Å²) in [6.07, 6.45) is -7.74. The molecule has 0 aliphatic carbocycles. The lowest BCUT2D eigenvalue weighted by Crippen LogP contribution is -2.13. The number of hydrogen-bond donors (Lipinski definition) is 0. The summed E-state index contributed by atoms with van der Waals surface area (Å²) >= 11 is 0. The van der Waals surface area contributed by atoms with Gasteiger partial charge in [0.15, 0.2) is 5.69 Å². The van der Waals surface area contributed by atoms with Gasteiger partial charge in [-0.2, -0.15) is 26.3 Å². The fourth-order valence-corrected chi connectivity index (χ4v) is 3.61. The Morgan fingerprint density at radius 3 is 2.03 bits per heavy atom. The van der Waals surface area contributed by atoms with Gasteiger partial charge in [-0.25, -0.2) is 9.07 Å². The van der Waals surface area contributed by atoms with E-state index in [0.29, 0.717) is 17.7 Å². The van der Waals surface area contributed by atoms with Crippen LogP contribution in [-0.2, 0) is 18.9 Å². The first-order valence-corrected chi connectivity index (χ1v) is 10.7. The fraction of sp³-hybridized carbons (Fsp3) is 0.115. The van der Waals surface area contributed by atoms with Crippen molar-refractivity contribution in [3.05, 3.63) is 113 Å². The van der Waals surface area contributed by atoms with E-state index < -0.39 is 41.6 Å². The van der Waals surface area contributed by atoms with Gasteiger partial charge < -0.3 is 0 Å². The van der Waals surface area contributed by atoms with Gasteiger partial charge >= 0.3 is 12.4 Å². The minimum atomic E-state index is -5.01. The Morgan fingerprint density at radius 1 is 0.838 bits per heavy atom. The predicted molar refractivity (Wildman–Crippen MR) is 121 cm³/mol. The molecule has 0 aliphatic heterocycles. The minimum absolute atomic E-state index is 0.0331. The Balaban J connectivity index is 1.77. The molecule has 4 nitrogen and oxygen atoms in total. The molecule has 0 spiro atoms. The first-order valence-electron chi connectivity index (χ1n) is 10.7. The fourth-order valence-electron chi connectivity index (χ4n) is 3.61. The lowest BCUT2D eigenvalue weighted by Gasteiger charge is -2.15. The van der Waals surface area contributed by atoms with Crippen LogP contribution < -0.4 is 0 Å². The summed E-state index contributed by atoms with van der Waals surface area (Å²) in [7, 11) is 0. The van der Waals surface area contributed by atoms with Crippen molar-refractivity contribution < 1.29 is 35.5 Å². The predicted octanol–water partition coefficient (Wildman–Crippen LogP) is 7.07. The zero-order valence-corrected chi connectivity index (χ0v) is 18.7. The molecule has 0 atom stereocenters. The average molecular weight is 519 g/mol. The highest BCUT2D eigenvalue weighted by molar-refractivity contribution is 6.09. The van der Waals surface area contributed by atoms with E-state index in [4.69, 9.17) is 0 Å². The van der Waals surface area contributed by atoms with Crippen molar-refractivity contribution in [1.82, 2.24) is 15.0 Å². The Bertz CT molecular complexity index is 1420. The van der Waals surface area contributed by atoms with Gasteiger partial charge in [0.1, 0.15) is 11.5 Å². The van der Waals surface area contributed by atoms with Gasteiger partial charge in [-0.05, 0) is 42.0 Å². The molecule has 0 unspecified atom stereocenters. The third-order valence-corrected chi connectivity index (χ3v) is 5.32. The molecular weight excluding hydrogens is 503 g/mol. The third-order valence-electron chi connectivity index (χ3n) is 5.32. The second kappa shape index (κ2) is 10.00. The van der Waals surface area contributed by atoms with Crippen molar-refractivity contribution in [2.45, 2.75) is 18.9 Å². The van der Waals surface area contributed by atoms with Gasteiger partial charge in [-0.1, -0.05) is 53.7 Å². The number of benzene rings is 3. The van der Waals surface area contributed by atoms with E-state index in [2.05, 4.69) is 10.3 Å². The van der Waals surface area contributed by atoms with Gasteiger partial charge in [-0.3, -0.25) is 4.79 Å². The van der Waals surface area contributed by atoms with Crippen molar-refractivity contribution in [1.29, 1.82) is 0 Å². The first-order chi connectivity index (χ1) is 17.4. The van der Waals surface area contributed by atoms with Gasteiger partial charge in [0.05, 0.1) is 17.7 Å². The lowest BCUT2D eigenvalue weighted by atomic mass is 10.0. The second-order valence-corrected chi connectivity index (χ2v) is 7.94. The molecule has 4 rings (SSSR count). The molecule has 1 heterocycles. The molecule has 190 valence electrons. The molecule has 0 fully saturated rings. The number of alkyl halides is 6. The molecule has 0 aliphatic rings. The van der Waals surface area contributed by atoms with Gasteiger partial charge in [0.2, 0.25) is 5.78 Å². The van der Waals surface area contributed by atoms with E-state index in [1.807, 2.05) is 0 Å².